The molecule has 0 saturated heterocycles. The molecule has 0 bridgehead atoms. The van der Waals surface area contributed by atoms with Crippen LogP contribution < -0.4 is 105 Å². The summed E-state index contributed by atoms with van der Waals surface area (Å²) < 4.78 is 27.5. The van der Waals surface area contributed by atoms with E-state index < -0.39 is 125 Å². The van der Waals surface area contributed by atoms with Gasteiger partial charge in [0.1, 0.15) is 54.4 Å². The molecule has 37 nitrogen and oxygen atoms in total. The van der Waals surface area contributed by atoms with Crippen molar-refractivity contribution in [1.82, 2.24) is 53.2 Å². The van der Waals surface area contributed by atoms with E-state index in [4.69, 9.17) is 75.3 Å². The summed E-state index contributed by atoms with van der Waals surface area (Å²) in [5.74, 6) is -8.38. The zero-order chi connectivity index (χ0) is 86.8. The molecule has 28 N–H and O–H groups in total. The lowest BCUT2D eigenvalue weighted by Crippen LogP contribution is -2.60. The van der Waals surface area contributed by atoms with Gasteiger partial charge >= 0.3 is 0 Å². The fourth-order valence-electron chi connectivity index (χ4n) is 12.1. The monoisotopic (exact) mass is 1660 g/mol. The minimum absolute atomic E-state index is 0.0103. The molecule has 0 radical (unpaired) electrons. The number of unbranched alkanes of at least 4 members (excludes halogenated alkanes) is 3. The summed E-state index contributed by atoms with van der Waals surface area (Å²) in [6.45, 7) is 5.16. The van der Waals surface area contributed by atoms with Crippen LogP contribution in [0.2, 0.25) is 0 Å². The summed E-state index contributed by atoms with van der Waals surface area (Å²) in [4.78, 5) is 164. The number of ether oxygens (including phenoxy) is 5. The highest BCUT2D eigenvalue weighted by Crippen LogP contribution is 2.15. The molecule has 119 heavy (non-hydrogen) atoms. The van der Waals surface area contributed by atoms with Gasteiger partial charge in [0.05, 0.1) is 72.1 Å². The molecule has 0 fully saturated rings. The molecule has 0 aromatic heterocycles. The molecular weight excluding hydrogens is 1540 g/mol. The van der Waals surface area contributed by atoms with Crippen LogP contribution in [0.4, 0.5) is 0 Å². The highest BCUT2D eigenvalue weighted by Gasteiger charge is 2.36. The number of guanidine groups is 2. The Balaban J connectivity index is 1.55. The van der Waals surface area contributed by atoms with Gasteiger partial charge in [-0.1, -0.05) is 128 Å². The minimum atomic E-state index is -1.42. The van der Waals surface area contributed by atoms with Gasteiger partial charge in [0.15, 0.2) is 11.9 Å². The first-order chi connectivity index (χ1) is 57.4. The van der Waals surface area contributed by atoms with E-state index in [0.29, 0.717) is 108 Å². The quantitative estimate of drug-likeness (QED) is 0.0121. The minimum Gasteiger partial charge on any atom is -0.379 e. The predicted octanol–water partition coefficient (Wildman–Crippen LogP) is -2.76. The molecule has 658 valence electrons. The van der Waals surface area contributed by atoms with Gasteiger partial charge in [-0.2, -0.15) is 0 Å². The van der Waals surface area contributed by atoms with Crippen LogP contribution in [0.25, 0.3) is 0 Å². The Morgan fingerprint density at radius 3 is 0.908 bits per heavy atom. The summed E-state index contributed by atoms with van der Waals surface area (Å²) in [6.07, 6.45) is 3.20. The molecule has 4 rings (SSSR count). The van der Waals surface area contributed by atoms with Gasteiger partial charge in [-0.3, -0.25) is 62.7 Å². The van der Waals surface area contributed by atoms with E-state index in [1.807, 2.05) is 6.07 Å². The third-order valence-electron chi connectivity index (χ3n) is 18.6. The Kier molecular flexibility index (Phi) is 51.3. The Bertz CT molecular complexity index is 3690. The van der Waals surface area contributed by atoms with Gasteiger partial charge in [-0.05, 0) is 126 Å². The number of nitrogens with zero attached hydrogens (tertiary/aromatic N) is 2. The molecule has 11 amide bonds. The highest BCUT2D eigenvalue weighted by molar-refractivity contribution is 5.99. The topological polar surface area (TPSA) is 613 Å². The summed E-state index contributed by atoms with van der Waals surface area (Å²) in [5, 5.41) is 27.9. The van der Waals surface area contributed by atoms with Crippen molar-refractivity contribution in [2.75, 3.05) is 105 Å². The van der Waals surface area contributed by atoms with Crippen LogP contribution in [0.3, 0.4) is 0 Å². The molecule has 0 spiro atoms. The Morgan fingerprint density at radius 1 is 0.311 bits per heavy atom. The number of hydrogen-bond acceptors (Lipinski definition) is 22. The fourth-order valence-corrected chi connectivity index (χ4v) is 12.1. The second-order valence-electron chi connectivity index (χ2n) is 28.4. The first kappa shape index (κ1) is 101. The maximum atomic E-state index is 15.0. The van der Waals surface area contributed by atoms with E-state index in [1.54, 1.807) is 115 Å². The number of primary amides is 1. The maximum absolute atomic E-state index is 15.0. The Morgan fingerprint density at radius 2 is 0.580 bits per heavy atom. The van der Waals surface area contributed by atoms with Crippen molar-refractivity contribution in [3.05, 3.63) is 144 Å². The van der Waals surface area contributed by atoms with E-state index >= 15 is 0 Å². The van der Waals surface area contributed by atoms with Crippen molar-refractivity contribution in [2.24, 2.45) is 61.6 Å². The summed E-state index contributed by atoms with van der Waals surface area (Å²) >= 11 is 0. The van der Waals surface area contributed by atoms with Gasteiger partial charge in [0, 0.05) is 51.7 Å². The van der Waals surface area contributed by atoms with Crippen molar-refractivity contribution >= 4 is 76.9 Å². The number of amides is 11. The molecule has 0 unspecified atom stereocenters. The fraction of sp³-hybridized carbons (Fsp3) is 0.549. The zero-order valence-corrected chi connectivity index (χ0v) is 68.5. The summed E-state index contributed by atoms with van der Waals surface area (Å²) in [6, 6.07) is 22.4. The number of benzene rings is 4. The Hall–Kier alpha value is -10.8. The largest absolute Gasteiger partial charge is 0.379 e. The van der Waals surface area contributed by atoms with Crippen LogP contribution in [-0.4, -0.2) is 243 Å². The van der Waals surface area contributed by atoms with E-state index in [0.717, 1.165) is 5.56 Å². The van der Waals surface area contributed by atoms with Gasteiger partial charge in [-0.15, -0.1) is 0 Å². The van der Waals surface area contributed by atoms with Gasteiger partial charge < -0.3 is 128 Å². The molecule has 37 heteroatoms. The molecule has 0 saturated carbocycles. The van der Waals surface area contributed by atoms with Gasteiger partial charge in [0.25, 0.3) is 0 Å². The Labute approximate surface area is 696 Å². The van der Waals surface area contributed by atoms with Crippen LogP contribution in [0.15, 0.2) is 131 Å². The van der Waals surface area contributed by atoms with Crippen molar-refractivity contribution in [2.45, 2.75) is 183 Å². The number of nitrogens with one attached hydrogen (secondary N) is 10. The third kappa shape index (κ3) is 44.6. The lowest BCUT2D eigenvalue weighted by atomic mass is 10.0. The lowest BCUT2D eigenvalue weighted by molar-refractivity contribution is -0.136. The number of hydrogen-bond donors (Lipinski definition) is 19. The molecule has 4 aromatic carbocycles. The molecule has 0 heterocycles. The number of nitrogens with two attached hydrogens (primary N) is 9. The van der Waals surface area contributed by atoms with E-state index in [1.165, 1.54) is 6.92 Å². The molecule has 0 aliphatic rings. The second kappa shape index (κ2) is 60.7. The second-order valence-corrected chi connectivity index (χ2v) is 28.4. The number of aliphatic imine (C=N–C) groups is 2. The number of carbonyl (C=O) groups is 11. The zero-order valence-electron chi connectivity index (χ0n) is 68.5. The number of carbonyl (C=O) groups excluding carboxylic acids is 11. The molecule has 0 aliphatic heterocycles. The van der Waals surface area contributed by atoms with Crippen molar-refractivity contribution in [1.29, 1.82) is 0 Å². The first-order valence-electron chi connectivity index (χ1n) is 40.7. The van der Waals surface area contributed by atoms with Crippen LogP contribution in [0, 0.1) is 0 Å². The van der Waals surface area contributed by atoms with Gasteiger partial charge in [0.2, 0.25) is 65.0 Å². The molecular formula is C82H129N21O16. The summed E-state index contributed by atoms with van der Waals surface area (Å²) in [5.41, 5.74) is 54.1. The van der Waals surface area contributed by atoms with E-state index in [2.05, 4.69) is 63.2 Å². The first-order valence-corrected chi connectivity index (χ1v) is 40.7. The van der Waals surface area contributed by atoms with Crippen LogP contribution in [0.1, 0.15) is 119 Å². The molecule has 10 atom stereocenters. The average molecular weight is 1670 g/mol. The van der Waals surface area contributed by atoms with Crippen molar-refractivity contribution in [3.63, 3.8) is 0 Å². The smallest absolute Gasteiger partial charge is 0.243 e. The molecule has 4 aromatic rings. The predicted molar refractivity (Wildman–Crippen MR) is 451 cm³/mol. The summed E-state index contributed by atoms with van der Waals surface area (Å²) in [7, 11) is 0. The van der Waals surface area contributed by atoms with Crippen molar-refractivity contribution < 1.29 is 76.4 Å². The highest BCUT2D eigenvalue weighted by atomic mass is 16.6. The van der Waals surface area contributed by atoms with Crippen molar-refractivity contribution in [3.8, 4) is 0 Å². The van der Waals surface area contributed by atoms with Gasteiger partial charge in [-0.25, -0.2) is 0 Å². The van der Waals surface area contributed by atoms with Crippen LogP contribution in [0.5, 0.6) is 0 Å². The maximum Gasteiger partial charge on any atom is 0.243 e. The van der Waals surface area contributed by atoms with Crippen LogP contribution in [-0.2, 0) is 102 Å². The third-order valence-corrected chi connectivity index (χ3v) is 18.6. The lowest BCUT2D eigenvalue weighted by Gasteiger charge is -2.28. The average Bonchev–Trinajstić information content (AvgIpc) is 0.854. The van der Waals surface area contributed by atoms with Crippen LogP contribution >= 0.6 is 0 Å². The van der Waals surface area contributed by atoms with E-state index in [9.17, 15) is 52.7 Å². The molecule has 0 aliphatic carbocycles. The number of rotatable bonds is 65. The SMILES string of the molecule is C[C@@H](NC(=O)[C@H](CCCCN)NC(=O)[C@H](CCCN=C(N)N)NC(=O)[C@H](Cc1ccccc1)NC(=O)[C@@H](N)CCCCN)C(=O)N[C@@H](Cc1ccccc1)C(=O)N[C@@H](CCCCN)C(=O)N[C@@H](CCCN=C(N)N)C(=O)N[C@@H](Cc1ccccc1)C(=O)N[C@@H](Cc1ccccc1)C(=O)NCCOCCOCCOCCOCCOCCC(N)=O. The van der Waals surface area contributed by atoms with E-state index in [-0.39, 0.29) is 142 Å². The standard InChI is InChI=1S/C82H129N21O16/c1-56(95-74(108)62(31-15-18-37-84)96-76(110)64(33-20-39-93-81(88)89)99-79(113)68(54-59-26-10-4-11-27-59)101-72(106)61(86)30-14-17-36-83)71(105)100-67(53-58-24-8-3-9-25-58)78(112)98-63(32-16-19-38-85)75(109)97-65(34-21-40-94-82(90)91)77(111)103-69(55-60-28-12-5-13-29-60)80(114)102-66(52-57-22-6-2-7-23-57)73(107)92-41-43-116-45-47-118-49-51-119-50-48-117-46-44-115-42-35-70(87)104/h2-13,22-29,56,61-69H,14-21,30-55,83-86H2,1H3,(H2,87,104)(H,92,107)(H,95,108)(H,96,110)(H,97,109)(H,98,112)(H,99,113)(H,100,105)(H,101,106)(H,102,114)(H,103,111)(H4,88,89,93)(H4,90,91,94)/t56-,61+,62+,63+,64+,65+,66+,67+,68+,69+/m1/s1. The normalized spacial score (nSPS) is 13.6.